The van der Waals surface area contributed by atoms with Crippen molar-refractivity contribution in [3.05, 3.63) is 69.9 Å². The van der Waals surface area contributed by atoms with Crippen LogP contribution in [0.1, 0.15) is 23.5 Å². The van der Waals surface area contributed by atoms with Crippen molar-refractivity contribution < 1.29 is 4.39 Å². The van der Waals surface area contributed by atoms with E-state index in [4.69, 9.17) is 0 Å². The van der Waals surface area contributed by atoms with Crippen molar-refractivity contribution in [3.8, 4) is 0 Å². The molecule has 0 radical (unpaired) electrons. The molecule has 1 saturated carbocycles. The van der Waals surface area contributed by atoms with E-state index in [1.54, 1.807) is 6.07 Å². The minimum absolute atomic E-state index is 0.194. The van der Waals surface area contributed by atoms with Gasteiger partial charge < -0.3 is 5.32 Å². The smallest absolute Gasteiger partial charge is 0.124 e. The maximum Gasteiger partial charge on any atom is 0.124 e. The van der Waals surface area contributed by atoms with Crippen molar-refractivity contribution in [1.29, 1.82) is 0 Å². The van der Waals surface area contributed by atoms with E-state index in [1.807, 2.05) is 13.1 Å². The fourth-order valence-corrected chi connectivity index (χ4v) is 3.65. The maximum atomic E-state index is 13.2. The molecule has 3 atom stereocenters. The Bertz CT molecular complexity index is 614. The molecule has 0 heterocycles. The van der Waals surface area contributed by atoms with E-state index in [0.29, 0.717) is 17.9 Å². The predicted molar refractivity (Wildman–Crippen MR) is 87.9 cm³/mol. The molecule has 0 amide bonds. The van der Waals surface area contributed by atoms with Gasteiger partial charge >= 0.3 is 0 Å². The summed E-state index contributed by atoms with van der Waals surface area (Å²) in [6, 6.07) is 16.1. The molecule has 1 aliphatic carbocycles. The second-order valence-electron chi connectivity index (χ2n) is 5.75. The van der Waals surface area contributed by atoms with Crippen molar-refractivity contribution in [2.45, 2.75) is 24.8 Å². The zero-order valence-electron chi connectivity index (χ0n) is 12.0. The molecule has 1 aliphatic rings. The number of rotatable bonds is 5. The van der Waals surface area contributed by atoms with Gasteiger partial charge in [-0.15, -0.1) is 0 Å². The lowest BCUT2D eigenvalue weighted by atomic mass is 9.99. The minimum atomic E-state index is -0.194. The zero-order chi connectivity index (χ0) is 14.8. The third-order valence-electron chi connectivity index (χ3n) is 4.41. The first kappa shape index (κ1) is 14.7. The number of likely N-dealkylation sites (N-methyl/N-ethyl adjacent to an activating group) is 1. The molecule has 1 fully saturated rings. The van der Waals surface area contributed by atoms with Gasteiger partial charge in [0.05, 0.1) is 0 Å². The SMILES string of the molecule is CNC(Cc1ccc(F)cc1Br)C1CC1c1ccccc1. The van der Waals surface area contributed by atoms with Gasteiger partial charge in [0, 0.05) is 10.5 Å². The number of hydrogen-bond acceptors (Lipinski definition) is 1. The molecule has 0 aliphatic heterocycles. The van der Waals surface area contributed by atoms with Crippen LogP contribution < -0.4 is 5.32 Å². The largest absolute Gasteiger partial charge is 0.316 e. The normalized spacial score (nSPS) is 22.0. The van der Waals surface area contributed by atoms with Crippen LogP contribution in [0, 0.1) is 11.7 Å². The van der Waals surface area contributed by atoms with Gasteiger partial charge in [0.25, 0.3) is 0 Å². The Balaban J connectivity index is 1.70. The fourth-order valence-electron chi connectivity index (χ4n) is 3.13. The lowest BCUT2D eigenvalue weighted by molar-refractivity contribution is 0.490. The molecule has 3 heteroatoms. The van der Waals surface area contributed by atoms with Crippen molar-refractivity contribution >= 4 is 15.9 Å². The molecule has 21 heavy (non-hydrogen) atoms. The summed E-state index contributed by atoms with van der Waals surface area (Å²) in [5.41, 5.74) is 2.59. The lowest BCUT2D eigenvalue weighted by Gasteiger charge is -2.17. The molecule has 0 aromatic heterocycles. The molecule has 0 spiro atoms. The number of halogens is 2. The molecule has 0 saturated heterocycles. The monoisotopic (exact) mass is 347 g/mol. The summed E-state index contributed by atoms with van der Waals surface area (Å²) in [5.74, 6) is 1.12. The van der Waals surface area contributed by atoms with E-state index >= 15 is 0 Å². The average molecular weight is 348 g/mol. The molecule has 3 unspecified atom stereocenters. The Morgan fingerprint density at radius 1 is 1.24 bits per heavy atom. The number of benzene rings is 2. The van der Waals surface area contributed by atoms with Crippen molar-refractivity contribution in [3.63, 3.8) is 0 Å². The summed E-state index contributed by atoms with van der Waals surface area (Å²) < 4.78 is 14.0. The predicted octanol–water partition coefficient (Wildman–Crippen LogP) is 4.52. The third-order valence-corrected chi connectivity index (χ3v) is 5.15. The maximum absolute atomic E-state index is 13.2. The van der Waals surface area contributed by atoms with Crippen molar-refractivity contribution in [2.24, 2.45) is 5.92 Å². The second-order valence-corrected chi connectivity index (χ2v) is 6.61. The standard InChI is InChI=1S/C18H19BrFN/c1-21-18(9-13-7-8-14(20)10-17(13)19)16-11-15(16)12-5-3-2-4-6-12/h2-8,10,15-16,18,21H,9,11H2,1H3. The van der Waals surface area contributed by atoms with Crippen molar-refractivity contribution in [2.75, 3.05) is 7.05 Å². The highest BCUT2D eigenvalue weighted by Crippen LogP contribution is 2.50. The molecule has 110 valence electrons. The van der Waals surface area contributed by atoms with E-state index < -0.39 is 0 Å². The Morgan fingerprint density at radius 3 is 2.67 bits per heavy atom. The van der Waals surface area contributed by atoms with Crippen LogP contribution >= 0.6 is 15.9 Å². The van der Waals surface area contributed by atoms with Crippen LogP contribution in [0.4, 0.5) is 4.39 Å². The zero-order valence-corrected chi connectivity index (χ0v) is 13.6. The molecule has 0 bridgehead atoms. The summed E-state index contributed by atoms with van der Waals surface area (Å²) in [4.78, 5) is 0. The van der Waals surface area contributed by atoms with Crippen LogP contribution in [0.2, 0.25) is 0 Å². The molecular weight excluding hydrogens is 329 g/mol. The Labute approximate surface area is 133 Å². The third kappa shape index (κ3) is 3.35. The number of nitrogens with one attached hydrogen (secondary N) is 1. The molecular formula is C18H19BrFN. The van der Waals surface area contributed by atoms with Gasteiger partial charge in [-0.2, -0.15) is 0 Å². The first-order chi connectivity index (χ1) is 10.2. The Kier molecular flexibility index (Phi) is 4.41. The molecule has 2 aromatic rings. The second kappa shape index (κ2) is 6.29. The fraction of sp³-hybridized carbons (Fsp3) is 0.333. The van der Waals surface area contributed by atoms with Gasteiger partial charge in [-0.1, -0.05) is 52.3 Å². The first-order valence-electron chi connectivity index (χ1n) is 7.35. The quantitative estimate of drug-likeness (QED) is 0.838. The van der Waals surface area contributed by atoms with Crippen LogP contribution in [-0.4, -0.2) is 13.1 Å². The molecule has 2 aromatic carbocycles. The van der Waals surface area contributed by atoms with Crippen LogP contribution in [-0.2, 0) is 6.42 Å². The van der Waals surface area contributed by atoms with Crippen LogP contribution in [0.5, 0.6) is 0 Å². The van der Waals surface area contributed by atoms with E-state index in [2.05, 4.69) is 51.6 Å². The van der Waals surface area contributed by atoms with Gasteiger partial charge in [-0.25, -0.2) is 4.39 Å². The van der Waals surface area contributed by atoms with Crippen LogP contribution in [0.25, 0.3) is 0 Å². The van der Waals surface area contributed by atoms with E-state index in [1.165, 1.54) is 18.1 Å². The lowest BCUT2D eigenvalue weighted by Crippen LogP contribution is -2.30. The van der Waals surface area contributed by atoms with Crippen LogP contribution in [0.15, 0.2) is 53.0 Å². The first-order valence-corrected chi connectivity index (χ1v) is 8.14. The summed E-state index contributed by atoms with van der Waals surface area (Å²) in [6.07, 6.45) is 2.15. The van der Waals surface area contributed by atoms with Gasteiger partial charge in [-0.05, 0) is 55.0 Å². The van der Waals surface area contributed by atoms with Gasteiger partial charge in [0.15, 0.2) is 0 Å². The molecule has 1 N–H and O–H groups in total. The minimum Gasteiger partial charge on any atom is -0.316 e. The summed E-state index contributed by atoms with van der Waals surface area (Å²) >= 11 is 3.47. The average Bonchev–Trinajstić information content (AvgIpc) is 3.28. The van der Waals surface area contributed by atoms with Crippen LogP contribution in [0.3, 0.4) is 0 Å². The molecule has 3 rings (SSSR count). The highest BCUT2D eigenvalue weighted by Gasteiger charge is 2.43. The van der Waals surface area contributed by atoms with Crippen molar-refractivity contribution in [1.82, 2.24) is 5.32 Å². The highest BCUT2D eigenvalue weighted by molar-refractivity contribution is 9.10. The topological polar surface area (TPSA) is 12.0 Å². The number of hydrogen-bond donors (Lipinski definition) is 1. The summed E-state index contributed by atoms with van der Waals surface area (Å²) in [7, 11) is 2.02. The van der Waals surface area contributed by atoms with E-state index in [0.717, 1.165) is 16.5 Å². The Morgan fingerprint density at radius 2 is 2.00 bits per heavy atom. The molecule has 1 nitrogen and oxygen atoms in total. The van der Waals surface area contributed by atoms with Gasteiger partial charge in [-0.3, -0.25) is 0 Å². The van der Waals surface area contributed by atoms with E-state index in [9.17, 15) is 4.39 Å². The summed E-state index contributed by atoms with van der Waals surface area (Å²) in [6.45, 7) is 0. The van der Waals surface area contributed by atoms with E-state index in [-0.39, 0.29) is 5.82 Å². The van der Waals surface area contributed by atoms with Gasteiger partial charge in [0.1, 0.15) is 5.82 Å². The summed E-state index contributed by atoms with van der Waals surface area (Å²) in [5, 5.41) is 3.44. The highest BCUT2D eigenvalue weighted by atomic mass is 79.9. The van der Waals surface area contributed by atoms with Gasteiger partial charge in [0.2, 0.25) is 0 Å². The Hall–Kier alpha value is -1.19.